The van der Waals surface area contributed by atoms with E-state index in [9.17, 15) is 0 Å². The summed E-state index contributed by atoms with van der Waals surface area (Å²) in [4.78, 5) is 0. The highest BCUT2D eigenvalue weighted by Crippen LogP contribution is 2.32. The monoisotopic (exact) mass is 429 g/mol. The molecule has 1 nitrogen and oxygen atoms in total. The van der Waals surface area contributed by atoms with Gasteiger partial charge in [0.1, 0.15) is 0 Å². The molecule has 0 fully saturated rings. The van der Waals surface area contributed by atoms with Gasteiger partial charge in [-0.05, 0) is 22.3 Å². The zero-order valence-corrected chi connectivity index (χ0v) is 19.0. The predicted molar refractivity (Wildman–Crippen MR) is 141 cm³/mol. The van der Waals surface area contributed by atoms with Crippen LogP contribution in [-0.4, -0.2) is 13.1 Å². The van der Waals surface area contributed by atoms with Crippen molar-refractivity contribution in [2.45, 2.75) is 11.8 Å². The zero-order valence-electron chi connectivity index (χ0n) is 19.0. The summed E-state index contributed by atoms with van der Waals surface area (Å²) in [6.45, 7) is 10.4. The van der Waals surface area contributed by atoms with Crippen molar-refractivity contribution < 1.29 is 0 Å². The molecular weight excluding hydrogens is 398 g/mol. The molecular formula is C32H31N. The minimum absolute atomic E-state index is 0.159. The van der Waals surface area contributed by atoms with E-state index in [1.54, 1.807) is 0 Å². The lowest BCUT2D eigenvalue weighted by molar-refractivity contribution is 0.727. The first-order valence-corrected chi connectivity index (χ1v) is 11.5. The number of benzene rings is 4. The molecule has 1 N–H and O–H groups in total. The predicted octanol–water partition coefficient (Wildman–Crippen LogP) is 7.35. The van der Waals surface area contributed by atoms with Gasteiger partial charge in [-0.1, -0.05) is 146 Å². The third-order valence-electron chi connectivity index (χ3n) is 6.05. The molecule has 0 spiro atoms. The van der Waals surface area contributed by atoms with Crippen molar-refractivity contribution in [2.24, 2.45) is 0 Å². The summed E-state index contributed by atoms with van der Waals surface area (Å²) in [5, 5.41) is 3.63. The lowest BCUT2D eigenvalue weighted by atomic mass is 9.84. The molecule has 0 radical (unpaired) electrons. The molecule has 0 aliphatic heterocycles. The number of hydrogen-bond donors (Lipinski definition) is 1. The Balaban J connectivity index is 1.47. The van der Waals surface area contributed by atoms with E-state index in [0.29, 0.717) is 0 Å². The second-order valence-corrected chi connectivity index (χ2v) is 8.43. The smallest absolute Gasteiger partial charge is 0.0308 e. The number of hydrogen-bond acceptors (Lipinski definition) is 1. The van der Waals surface area contributed by atoms with Crippen molar-refractivity contribution >= 4 is 0 Å². The first-order chi connectivity index (χ1) is 16.2. The molecule has 164 valence electrons. The van der Waals surface area contributed by atoms with Gasteiger partial charge in [0.05, 0.1) is 0 Å². The largest absolute Gasteiger partial charge is 0.309 e. The number of rotatable bonds is 10. The summed E-state index contributed by atoms with van der Waals surface area (Å²) >= 11 is 0. The SMILES string of the molecule is C=C(CNCC(=C)C(c1ccccc1)c1ccccc1)C(c1ccccc1)c1ccccc1. The third-order valence-corrected chi connectivity index (χ3v) is 6.05. The van der Waals surface area contributed by atoms with Crippen molar-refractivity contribution in [3.8, 4) is 0 Å². The molecule has 0 heterocycles. The summed E-state index contributed by atoms with van der Waals surface area (Å²) in [5.41, 5.74) is 7.36. The molecule has 0 atom stereocenters. The fourth-order valence-corrected chi connectivity index (χ4v) is 4.50. The van der Waals surface area contributed by atoms with Crippen molar-refractivity contribution in [3.05, 3.63) is 168 Å². The molecule has 0 amide bonds. The summed E-state index contributed by atoms with van der Waals surface area (Å²) in [5.74, 6) is 0.319. The Morgan fingerprint density at radius 2 is 0.697 bits per heavy atom. The Hall–Kier alpha value is -3.68. The van der Waals surface area contributed by atoms with Crippen LogP contribution < -0.4 is 5.32 Å². The first kappa shape index (κ1) is 22.5. The summed E-state index contributed by atoms with van der Waals surface area (Å²) < 4.78 is 0. The molecule has 0 saturated heterocycles. The normalized spacial score (nSPS) is 11.0. The van der Waals surface area contributed by atoms with Gasteiger partial charge in [-0.3, -0.25) is 0 Å². The van der Waals surface area contributed by atoms with Crippen LogP contribution in [0.3, 0.4) is 0 Å². The van der Waals surface area contributed by atoms with Crippen LogP contribution in [0, 0.1) is 0 Å². The molecule has 0 aliphatic rings. The molecule has 0 saturated carbocycles. The highest BCUT2D eigenvalue weighted by Gasteiger charge is 2.19. The quantitative estimate of drug-likeness (QED) is 0.260. The van der Waals surface area contributed by atoms with Crippen LogP contribution in [0.5, 0.6) is 0 Å². The van der Waals surface area contributed by atoms with E-state index in [4.69, 9.17) is 0 Å². The van der Waals surface area contributed by atoms with Gasteiger partial charge in [0.25, 0.3) is 0 Å². The Morgan fingerprint density at radius 1 is 0.455 bits per heavy atom. The van der Waals surface area contributed by atoms with E-state index < -0.39 is 0 Å². The molecule has 33 heavy (non-hydrogen) atoms. The van der Waals surface area contributed by atoms with Crippen LogP contribution in [-0.2, 0) is 0 Å². The minimum atomic E-state index is 0.159. The fraction of sp³-hybridized carbons (Fsp3) is 0.125. The minimum Gasteiger partial charge on any atom is -0.309 e. The summed E-state index contributed by atoms with van der Waals surface area (Å²) in [6.07, 6.45) is 0. The van der Waals surface area contributed by atoms with E-state index in [2.05, 4.69) is 140 Å². The van der Waals surface area contributed by atoms with E-state index in [0.717, 1.165) is 24.2 Å². The standard InChI is InChI=1S/C32H31N/c1-25(31(27-15-7-3-8-16-27)28-17-9-4-10-18-28)23-33-24-26(2)32(29-19-11-5-12-20-29)30-21-13-6-14-22-30/h3-22,31-33H,1-2,23-24H2. The van der Waals surface area contributed by atoms with Crippen molar-refractivity contribution in [1.82, 2.24) is 5.32 Å². The van der Waals surface area contributed by atoms with Gasteiger partial charge in [-0.25, -0.2) is 0 Å². The van der Waals surface area contributed by atoms with E-state index >= 15 is 0 Å². The number of nitrogens with one attached hydrogen (secondary N) is 1. The summed E-state index contributed by atoms with van der Waals surface area (Å²) in [6, 6.07) is 42.5. The topological polar surface area (TPSA) is 12.0 Å². The Morgan fingerprint density at radius 3 is 0.939 bits per heavy atom. The van der Waals surface area contributed by atoms with Gasteiger partial charge < -0.3 is 5.32 Å². The average Bonchev–Trinajstić information content (AvgIpc) is 2.87. The second kappa shape index (κ2) is 11.3. The maximum atomic E-state index is 4.47. The maximum absolute atomic E-state index is 4.47. The van der Waals surface area contributed by atoms with Gasteiger partial charge in [0, 0.05) is 24.9 Å². The molecule has 4 aromatic carbocycles. The van der Waals surface area contributed by atoms with E-state index in [1.807, 2.05) is 0 Å². The Kier molecular flexibility index (Phi) is 7.68. The maximum Gasteiger partial charge on any atom is 0.0308 e. The zero-order chi connectivity index (χ0) is 22.9. The van der Waals surface area contributed by atoms with Crippen LogP contribution in [0.2, 0.25) is 0 Å². The Labute approximate surface area is 198 Å². The molecule has 4 rings (SSSR count). The van der Waals surface area contributed by atoms with Crippen LogP contribution >= 0.6 is 0 Å². The van der Waals surface area contributed by atoms with Gasteiger partial charge in [-0.2, -0.15) is 0 Å². The van der Waals surface area contributed by atoms with Crippen LogP contribution in [0.15, 0.2) is 146 Å². The van der Waals surface area contributed by atoms with Crippen LogP contribution in [0.25, 0.3) is 0 Å². The first-order valence-electron chi connectivity index (χ1n) is 11.5. The van der Waals surface area contributed by atoms with Gasteiger partial charge in [-0.15, -0.1) is 0 Å². The highest BCUT2D eigenvalue weighted by atomic mass is 14.9. The van der Waals surface area contributed by atoms with E-state index in [-0.39, 0.29) is 11.8 Å². The molecule has 0 aliphatic carbocycles. The Bertz CT molecular complexity index is 974. The molecule has 0 aromatic heterocycles. The van der Waals surface area contributed by atoms with Crippen molar-refractivity contribution in [3.63, 3.8) is 0 Å². The summed E-state index contributed by atoms with van der Waals surface area (Å²) in [7, 11) is 0. The molecule has 4 aromatic rings. The molecule has 0 bridgehead atoms. The van der Waals surface area contributed by atoms with Crippen LogP contribution in [0.1, 0.15) is 34.1 Å². The third kappa shape index (κ3) is 5.77. The van der Waals surface area contributed by atoms with Gasteiger partial charge >= 0.3 is 0 Å². The van der Waals surface area contributed by atoms with Crippen molar-refractivity contribution in [1.29, 1.82) is 0 Å². The molecule has 1 heteroatoms. The van der Waals surface area contributed by atoms with Crippen LogP contribution in [0.4, 0.5) is 0 Å². The lowest BCUT2D eigenvalue weighted by Gasteiger charge is -2.24. The van der Waals surface area contributed by atoms with Gasteiger partial charge in [0.2, 0.25) is 0 Å². The fourth-order valence-electron chi connectivity index (χ4n) is 4.50. The average molecular weight is 430 g/mol. The molecule has 0 unspecified atom stereocenters. The van der Waals surface area contributed by atoms with Gasteiger partial charge in [0.15, 0.2) is 0 Å². The van der Waals surface area contributed by atoms with Crippen molar-refractivity contribution in [2.75, 3.05) is 13.1 Å². The highest BCUT2D eigenvalue weighted by molar-refractivity contribution is 5.42. The lowest BCUT2D eigenvalue weighted by Crippen LogP contribution is -2.24. The van der Waals surface area contributed by atoms with E-state index in [1.165, 1.54) is 22.3 Å². The second-order valence-electron chi connectivity index (χ2n) is 8.43.